The molecule has 0 unspecified atom stereocenters. The minimum atomic E-state index is 0.156. The number of aromatic nitrogens is 4. The van der Waals surface area contributed by atoms with Crippen LogP contribution in [0.15, 0.2) is 61.3 Å². The lowest BCUT2D eigenvalue weighted by Gasteiger charge is -1.97. The maximum Gasteiger partial charge on any atom is 0.277 e. The summed E-state index contributed by atoms with van der Waals surface area (Å²) >= 11 is 2.95. The molecule has 1 saturated carbocycles. The number of hydrogen-bond acceptors (Lipinski definition) is 8. The van der Waals surface area contributed by atoms with Crippen LogP contribution in [0.1, 0.15) is 51.0 Å². The molecule has 0 amide bonds. The summed E-state index contributed by atoms with van der Waals surface area (Å²) in [6.07, 6.45) is 2.30. The second kappa shape index (κ2) is 8.36. The largest absolute Gasteiger partial charge is 0.416 e. The summed E-state index contributed by atoms with van der Waals surface area (Å²) in [5.41, 5.74) is 2.69. The Morgan fingerprint density at radius 3 is 2.41 bits per heavy atom. The van der Waals surface area contributed by atoms with Gasteiger partial charge in [0.25, 0.3) is 10.4 Å². The average Bonchev–Trinajstić information content (AvgIpc) is 3.12. The van der Waals surface area contributed by atoms with Gasteiger partial charge in [0.1, 0.15) is 0 Å². The van der Waals surface area contributed by atoms with Gasteiger partial charge in [0, 0.05) is 11.7 Å². The third-order valence-electron chi connectivity index (χ3n) is 5.08. The molecular formula is C21H24N4O2S2. The molecular weight excluding hydrogens is 404 g/mol. The maximum atomic E-state index is 5.91. The van der Waals surface area contributed by atoms with Crippen molar-refractivity contribution in [1.29, 1.82) is 0 Å². The Morgan fingerprint density at radius 1 is 0.966 bits per heavy atom. The summed E-state index contributed by atoms with van der Waals surface area (Å²) in [6, 6.07) is 10.2. The summed E-state index contributed by atoms with van der Waals surface area (Å²) < 4.78 is 11.6. The van der Waals surface area contributed by atoms with Crippen molar-refractivity contribution in [2.24, 2.45) is 11.3 Å². The van der Waals surface area contributed by atoms with Crippen molar-refractivity contribution < 1.29 is 8.83 Å². The van der Waals surface area contributed by atoms with E-state index in [0.29, 0.717) is 33.9 Å². The van der Waals surface area contributed by atoms with Gasteiger partial charge >= 0.3 is 0 Å². The van der Waals surface area contributed by atoms with Crippen molar-refractivity contribution in [3.63, 3.8) is 0 Å². The molecule has 2 atom stereocenters. The molecule has 1 aliphatic rings. The molecule has 1 aromatic carbocycles. The topological polar surface area (TPSA) is 77.8 Å². The molecule has 2 heterocycles. The number of benzene rings is 1. The molecule has 152 valence electrons. The van der Waals surface area contributed by atoms with E-state index >= 15 is 0 Å². The maximum absolute atomic E-state index is 5.91. The van der Waals surface area contributed by atoms with E-state index < -0.39 is 0 Å². The van der Waals surface area contributed by atoms with Crippen LogP contribution < -0.4 is 0 Å². The highest BCUT2D eigenvalue weighted by Gasteiger charge is 2.60. The Labute approximate surface area is 179 Å². The predicted octanol–water partition coefficient (Wildman–Crippen LogP) is 5.74. The van der Waals surface area contributed by atoms with Gasteiger partial charge in [-0.25, -0.2) is 0 Å². The molecule has 6 nitrogen and oxygen atoms in total. The van der Waals surface area contributed by atoms with Crippen molar-refractivity contribution in [1.82, 2.24) is 20.4 Å². The molecule has 1 aliphatic carbocycles. The third-order valence-corrected chi connectivity index (χ3v) is 6.78. The van der Waals surface area contributed by atoms with Crippen LogP contribution in [0.2, 0.25) is 0 Å². The highest BCUT2D eigenvalue weighted by Crippen LogP contribution is 2.65. The lowest BCUT2D eigenvalue weighted by atomic mass is 10.1. The van der Waals surface area contributed by atoms with Crippen molar-refractivity contribution in [3.8, 4) is 0 Å². The van der Waals surface area contributed by atoms with Crippen molar-refractivity contribution in [3.05, 3.63) is 59.3 Å². The quantitative estimate of drug-likeness (QED) is 0.332. The van der Waals surface area contributed by atoms with Gasteiger partial charge in [-0.1, -0.05) is 79.4 Å². The first-order chi connectivity index (χ1) is 13.9. The van der Waals surface area contributed by atoms with E-state index in [1.165, 1.54) is 34.7 Å². The van der Waals surface area contributed by atoms with Crippen LogP contribution in [-0.2, 0) is 11.5 Å². The van der Waals surface area contributed by atoms with Crippen LogP contribution in [0.4, 0.5) is 0 Å². The summed E-state index contributed by atoms with van der Waals surface area (Å²) in [7, 11) is 0. The molecule has 8 heteroatoms. The Hall–Kier alpha value is -2.06. The van der Waals surface area contributed by atoms with E-state index in [2.05, 4.69) is 66.3 Å². The molecule has 1 fully saturated rings. The zero-order valence-electron chi connectivity index (χ0n) is 17.0. The Bertz CT molecular complexity index is 993. The highest BCUT2D eigenvalue weighted by atomic mass is 32.2. The van der Waals surface area contributed by atoms with Crippen molar-refractivity contribution in [2.75, 3.05) is 0 Å². The van der Waals surface area contributed by atoms with Crippen LogP contribution in [0.25, 0.3) is 0 Å². The fourth-order valence-corrected chi connectivity index (χ4v) is 4.76. The highest BCUT2D eigenvalue weighted by molar-refractivity contribution is 7.98. The summed E-state index contributed by atoms with van der Waals surface area (Å²) in [5, 5.41) is 17.8. The molecule has 0 spiro atoms. The zero-order chi connectivity index (χ0) is 20.4. The van der Waals surface area contributed by atoms with Gasteiger partial charge in [-0.2, -0.15) is 0 Å². The van der Waals surface area contributed by atoms with Crippen LogP contribution in [0, 0.1) is 11.3 Å². The number of nitrogens with zero attached hydrogens (tertiary/aromatic N) is 4. The summed E-state index contributed by atoms with van der Waals surface area (Å²) in [6.45, 7) is 8.73. The van der Waals surface area contributed by atoms with Gasteiger partial charge in [-0.05, 0) is 30.7 Å². The molecule has 29 heavy (non-hydrogen) atoms. The van der Waals surface area contributed by atoms with Gasteiger partial charge < -0.3 is 8.83 Å². The van der Waals surface area contributed by atoms with Crippen LogP contribution in [0.5, 0.6) is 0 Å². The van der Waals surface area contributed by atoms with Crippen molar-refractivity contribution >= 4 is 23.5 Å². The first-order valence-corrected chi connectivity index (χ1v) is 11.5. The number of thioether (sulfide) groups is 2. The minimum absolute atomic E-state index is 0.156. The normalized spacial score (nSPS) is 19.9. The predicted molar refractivity (Wildman–Crippen MR) is 114 cm³/mol. The zero-order valence-corrected chi connectivity index (χ0v) is 18.6. The van der Waals surface area contributed by atoms with Gasteiger partial charge in [-0.3, -0.25) is 0 Å². The van der Waals surface area contributed by atoms with Crippen LogP contribution in [-0.4, -0.2) is 20.4 Å². The fraction of sp³-hybridized carbons (Fsp3) is 0.429. The lowest BCUT2D eigenvalue weighted by Crippen LogP contribution is -1.90. The molecule has 0 bridgehead atoms. The molecule has 0 saturated heterocycles. The first-order valence-electron chi connectivity index (χ1n) is 9.54. The number of hydrogen-bond donors (Lipinski definition) is 0. The van der Waals surface area contributed by atoms with Gasteiger partial charge in [-0.15, -0.1) is 20.4 Å². The van der Waals surface area contributed by atoms with E-state index in [9.17, 15) is 0 Å². The van der Waals surface area contributed by atoms with E-state index in [4.69, 9.17) is 8.83 Å². The Kier molecular flexibility index (Phi) is 5.83. The van der Waals surface area contributed by atoms with Gasteiger partial charge in [0.2, 0.25) is 11.8 Å². The van der Waals surface area contributed by atoms with Crippen molar-refractivity contribution in [2.45, 2.75) is 55.6 Å². The third kappa shape index (κ3) is 4.75. The number of allylic oxidation sites excluding steroid dienone is 2. The molecule has 0 N–H and O–H groups in total. The second-order valence-electron chi connectivity index (χ2n) is 8.00. The average molecular weight is 429 g/mol. The monoisotopic (exact) mass is 428 g/mol. The summed E-state index contributed by atoms with van der Waals surface area (Å²) in [4.78, 5) is 0. The first kappa shape index (κ1) is 20.2. The standard InChI is InChI=1S/C21H24N4O2S2/c1-13(2)10-15-17(21(15,3)4)18-23-25-20(27-18)29-12-16-22-24-19(26-16)28-11-14-8-6-5-7-9-14/h5-10,15,17H,11-12H2,1-4H3/t15-,17+/m1/s1. The second-order valence-corrected chi connectivity index (χ2v) is 9.85. The van der Waals surface area contributed by atoms with Gasteiger partial charge in [0.15, 0.2) is 0 Å². The van der Waals surface area contributed by atoms with E-state index in [1.807, 2.05) is 18.2 Å². The smallest absolute Gasteiger partial charge is 0.277 e. The van der Waals surface area contributed by atoms with E-state index in [1.54, 1.807) is 0 Å². The SMILES string of the molecule is CC(C)=C[C@@H]1[C@@H](c2nnc(SCc3nnc(SCc4ccccc4)o3)o2)C1(C)C. The molecule has 2 aromatic heterocycles. The fourth-order valence-electron chi connectivity index (χ4n) is 3.42. The summed E-state index contributed by atoms with van der Waals surface area (Å²) in [5.74, 6) is 3.30. The Morgan fingerprint density at radius 2 is 1.66 bits per heavy atom. The van der Waals surface area contributed by atoms with Crippen LogP contribution >= 0.6 is 23.5 Å². The lowest BCUT2D eigenvalue weighted by molar-refractivity contribution is 0.398. The molecule has 3 aromatic rings. The minimum Gasteiger partial charge on any atom is -0.416 e. The Balaban J connectivity index is 1.31. The van der Waals surface area contributed by atoms with E-state index in [0.717, 1.165) is 5.75 Å². The number of rotatable bonds is 8. The molecule has 4 rings (SSSR count). The van der Waals surface area contributed by atoms with Crippen LogP contribution in [0.3, 0.4) is 0 Å². The molecule has 0 aliphatic heterocycles. The molecule has 0 radical (unpaired) electrons. The van der Waals surface area contributed by atoms with E-state index in [-0.39, 0.29) is 11.3 Å². The van der Waals surface area contributed by atoms with Gasteiger partial charge in [0.05, 0.1) is 5.75 Å².